The van der Waals surface area contributed by atoms with E-state index in [-0.39, 0.29) is 6.61 Å². The fourth-order valence-electron chi connectivity index (χ4n) is 0.949. The highest BCUT2D eigenvalue weighted by Gasteiger charge is 2.36. The van der Waals surface area contributed by atoms with Gasteiger partial charge < -0.3 is 24.9 Å². The largest absolute Gasteiger partial charge is 0.388 e. The lowest BCUT2D eigenvalue weighted by molar-refractivity contribution is -0.184. The lowest BCUT2D eigenvalue weighted by Gasteiger charge is -2.32. The molecule has 0 aromatic heterocycles. The molecule has 1 aliphatic rings. The van der Waals surface area contributed by atoms with E-state index < -0.39 is 24.4 Å². The van der Waals surface area contributed by atoms with Gasteiger partial charge in [0.2, 0.25) is 0 Å². The molecule has 64 valence electrons. The van der Waals surface area contributed by atoms with Crippen LogP contribution in [0.15, 0.2) is 0 Å². The van der Waals surface area contributed by atoms with Gasteiger partial charge >= 0.3 is 0 Å². The quantitative estimate of drug-likeness (QED) is 0.376. The van der Waals surface area contributed by atoms with Gasteiger partial charge in [0.1, 0.15) is 24.4 Å². The maximum atomic E-state index is 10.1. The smallest absolute Gasteiger partial charge is 0.151 e. The normalized spacial score (nSPS) is 45.4. The molecule has 5 nitrogen and oxygen atoms in total. The molecule has 0 spiro atoms. The van der Waals surface area contributed by atoms with Gasteiger partial charge in [-0.2, -0.15) is 0 Å². The molecular formula is C6H10O5. The van der Waals surface area contributed by atoms with Gasteiger partial charge in [-0.25, -0.2) is 0 Å². The van der Waals surface area contributed by atoms with Crippen LogP contribution in [-0.2, 0) is 9.53 Å². The first-order valence-corrected chi connectivity index (χ1v) is 3.28. The zero-order valence-corrected chi connectivity index (χ0v) is 5.75. The molecule has 0 aromatic carbocycles. The summed E-state index contributed by atoms with van der Waals surface area (Å²) >= 11 is 0. The Morgan fingerprint density at radius 3 is 2.45 bits per heavy atom. The summed E-state index contributed by atoms with van der Waals surface area (Å²) in [5.41, 5.74) is 0. The third-order valence-corrected chi connectivity index (χ3v) is 1.67. The number of hydrogen-bond donors (Lipinski definition) is 3. The third-order valence-electron chi connectivity index (χ3n) is 1.67. The van der Waals surface area contributed by atoms with Gasteiger partial charge in [0.25, 0.3) is 0 Å². The summed E-state index contributed by atoms with van der Waals surface area (Å²) in [6, 6.07) is 0. The zero-order valence-electron chi connectivity index (χ0n) is 5.75. The maximum Gasteiger partial charge on any atom is 0.151 e. The highest BCUT2D eigenvalue weighted by atomic mass is 16.5. The summed E-state index contributed by atoms with van der Waals surface area (Å²) in [6.07, 6.45) is -4.34. The summed E-state index contributed by atoms with van der Waals surface area (Å²) in [4.78, 5) is 10.1. The topological polar surface area (TPSA) is 87.0 Å². The summed E-state index contributed by atoms with van der Waals surface area (Å²) in [5.74, 6) is 0. The van der Waals surface area contributed by atoms with E-state index >= 15 is 0 Å². The molecule has 1 saturated heterocycles. The van der Waals surface area contributed by atoms with Crippen molar-refractivity contribution in [2.75, 3.05) is 6.61 Å². The van der Waals surface area contributed by atoms with E-state index in [1.54, 1.807) is 0 Å². The SMILES string of the molecule is O=CC1OCC(O)C(O)C1O. The summed E-state index contributed by atoms with van der Waals surface area (Å²) in [6.45, 7) is -0.123. The van der Waals surface area contributed by atoms with Crippen molar-refractivity contribution in [1.82, 2.24) is 0 Å². The van der Waals surface area contributed by atoms with E-state index in [9.17, 15) is 4.79 Å². The number of carbonyl (C=O) groups excluding carboxylic acids is 1. The van der Waals surface area contributed by atoms with Crippen LogP contribution in [0.25, 0.3) is 0 Å². The number of aliphatic hydroxyl groups excluding tert-OH is 3. The van der Waals surface area contributed by atoms with Crippen molar-refractivity contribution in [2.24, 2.45) is 0 Å². The van der Waals surface area contributed by atoms with Crippen LogP contribution < -0.4 is 0 Å². The Morgan fingerprint density at radius 2 is 1.91 bits per heavy atom. The molecule has 0 bridgehead atoms. The number of aliphatic hydroxyl groups is 3. The summed E-state index contributed by atoms with van der Waals surface area (Å²) < 4.78 is 4.69. The first-order valence-electron chi connectivity index (χ1n) is 3.28. The minimum atomic E-state index is -1.32. The Bertz CT molecular complexity index is 148. The monoisotopic (exact) mass is 162 g/mol. The van der Waals surface area contributed by atoms with E-state index in [4.69, 9.17) is 20.1 Å². The molecule has 0 amide bonds. The molecule has 3 N–H and O–H groups in total. The second-order valence-corrected chi connectivity index (χ2v) is 2.48. The average Bonchev–Trinajstić information content (AvgIpc) is 2.01. The molecule has 1 aliphatic heterocycles. The highest BCUT2D eigenvalue weighted by molar-refractivity contribution is 5.57. The molecule has 4 unspecified atom stereocenters. The van der Waals surface area contributed by atoms with E-state index in [0.717, 1.165) is 0 Å². The molecule has 1 heterocycles. The number of carbonyl (C=O) groups is 1. The molecule has 1 rings (SSSR count). The second kappa shape index (κ2) is 3.27. The van der Waals surface area contributed by atoms with E-state index in [1.165, 1.54) is 0 Å². The van der Waals surface area contributed by atoms with E-state index in [2.05, 4.69) is 0 Å². The van der Waals surface area contributed by atoms with Crippen molar-refractivity contribution in [3.63, 3.8) is 0 Å². The Kier molecular flexibility index (Phi) is 2.56. The molecule has 11 heavy (non-hydrogen) atoms. The Balaban J connectivity index is 2.58. The van der Waals surface area contributed by atoms with Crippen molar-refractivity contribution >= 4 is 6.29 Å². The number of rotatable bonds is 1. The van der Waals surface area contributed by atoms with Crippen LogP contribution in [0.5, 0.6) is 0 Å². The summed E-state index contributed by atoms with van der Waals surface area (Å²) in [7, 11) is 0. The first-order chi connectivity index (χ1) is 5.16. The first kappa shape index (κ1) is 8.61. The highest BCUT2D eigenvalue weighted by Crippen LogP contribution is 2.13. The Labute approximate surface area is 63.2 Å². The molecule has 0 saturated carbocycles. The van der Waals surface area contributed by atoms with Crippen molar-refractivity contribution in [1.29, 1.82) is 0 Å². The standard InChI is InChI=1S/C6H10O5/c7-1-4-6(10)5(9)3(8)2-11-4/h1,3-6,8-10H,2H2. The van der Waals surface area contributed by atoms with Crippen molar-refractivity contribution in [3.8, 4) is 0 Å². The lowest BCUT2D eigenvalue weighted by Crippen LogP contribution is -2.53. The minimum Gasteiger partial charge on any atom is -0.388 e. The molecule has 5 heteroatoms. The van der Waals surface area contributed by atoms with Crippen molar-refractivity contribution in [2.45, 2.75) is 24.4 Å². The zero-order chi connectivity index (χ0) is 8.43. The maximum absolute atomic E-state index is 10.1. The van der Waals surface area contributed by atoms with Crippen LogP contribution in [0.2, 0.25) is 0 Å². The number of ether oxygens (including phenoxy) is 1. The Hall–Kier alpha value is -0.490. The predicted octanol–water partition coefficient (Wildman–Crippen LogP) is -2.33. The van der Waals surface area contributed by atoms with E-state index in [0.29, 0.717) is 6.29 Å². The van der Waals surface area contributed by atoms with Crippen LogP contribution >= 0.6 is 0 Å². The fourth-order valence-corrected chi connectivity index (χ4v) is 0.949. The Morgan fingerprint density at radius 1 is 1.27 bits per heavy atom. The van der Waals surface area contributed by atoms with Crippen molar-refractivity contribution < 1.29 is 24.9 Å². The van der Waals surface area contributed by atoms with Gasteiger partial charge in [0.15, 0.2) is 6.29 Å². The van der Waals surface area contributed by atoms with Gasteiger partial charge in [-0.3, -0.25) is 0 Å². The van der Waals surface area contributed by atoms with Crippen LogP contribution in [-0.4, -0.2) is 52.6 Å². The molecule has 1 fully saturated rings. The lowest BCUT2D eigenvalue weighted by atomic mass is 10.0. The fraction of sp³-hybridized carbons (Fsp3) is 0.833. The van der Waals surface area contributed by atoms with Crippen LogP contribution in [0, 0.1) is 0 Å². The molecule has 4 atom stereocenters. The van der Waals surface area contributed by atoms with E-state index in [1.807, 2.05) is 0 Å². The average molecular weight is 162 g/mol. The molecule has 0 aromatic rings. The summed E-state index contributed by atoms with van der Waals surface area (Å²) in [5, 5.41) is 27.0. The van der Waals surface area contributed by atoms with Crippen LogP contribution in [0.1, 0.15) is 0 Å². The molecule has 0 aliphatic carbocycles. The second-order valence-electron chi connectivity index (χ2n) is 2.48. The van der Waals surface area contributed by atoms with Crippen molar-refractivity contribution in [3.05, 3.63) is 0 Å². The number of hydrogen-bond acceptors (Lipinski definition) is 5. The minimum absolute atomic E-state index is 0.123. The van der Waals surface area contributed by atoms with Gasteiger partial charge in [-0.15, -0.1) is 0 Å². The van der Waals surface area contributed by atoms with Gasteiger partial charge in [0.05, 0.1) is 6.61 Å². The van der Waals surface area contributed by atoms with Crippen LogP contribution in [0.4, 0.5) is 0 Å². The predicted molar refractivity (Wildman–Crippen MR) is 33.8 cm³/mol. The van der Waals surface area contributed by atoms with Crippen LogP contribution in [0.3, 0.4) is 0 Å². The van der Waals surface area contributed by atoms with Gasteiger partial charge in [0, 0.05) is 0 Å². The molecular weight excluding hydrogens is 152 g/mol. The third kappa shape index (κ3) is 1.57. The van der Waals surface area contributed by atoms with Gasteiger partial charge in [-0.05, 0) is 0 Å². The number of aldehydes is 1. The molecule has 0 radical (unpaired) electrons. The van der Waals surface area contributed by atoms with Gasteiger partial charge in [-0.1, -0.05) is 0 Å².